The molecule has 6 heterocycles. The molecule has 2 saturated carbocycles. The first-order valence-electron chi connectivity index (χ1n) is 40.9. The van der Waals surface area contributed by atoms with Crippen molar-refractivity contribution in [1.82, 2.24) is 24.3 Å². The number of non-ortho nitro benzene ring substituents is 1. The van der Waals surface area contributed by atoms with Gasteiger partial charge in [0.15, 0.2) is 27.3 Å². The molecule has 124 heavy (non-hydrogen) atoms. The summed E-state index contributed by atoms with van der Waals surface area (Å²) in [6.45, 7) is 12.8. The number of nitro groups is 1. The van der Waals surface area contributed by atoms with Crippen LogP contribution in [0, 0.1) is 44.6 Å². The number of carboxylic acids is 4. The molecule has 27 heteroatoms. The number of carbonyl (C=O) groups excluding carboxylic acids is 4. The van der Waals surface area contributed by atoms with Crippen LogP contribution in [0.4, 0.5) is 5.69 Å². The molecule has 0 amide bonds. The van der Waals surface area contributed by atoms with Crippen molar-refractivity contribution in [2.45, 2.75) is 142 Å². The number of rotatable bonds is 20. The van der Waals surface area contributed by atoms with Gasteiger partial charge in [-0.25, -0.2) is 18.2 Å². The summed E-state index contributed by atoms with van der Waals surface area (Å²) in [5.74, 6) is -3.95. The van der Waals surface area contributed by atoms with E-state index in [1.54, 1.807) is 60.7 Å². The summed E-state index contributed by atoms with van der Waals surface area (Å²) in [6, 6.07) is 64.2. The van der Waals surface area contributed by atoms with Crippen LogP contribution in [-0.4, -0.2) is 133 Å². The summed E-state index contributed by atoms with van der Waals surface area (Å²) in [7, 11) is -3.19. The molecule has 2 fully saturated rings. The average Bonchev–Trinajstić information content (AvgIpc) is 1.20. The van der Waals surface area contributed by atoms with Crippen molar-refractivity contribution in [2.75, 3.05) is 6.26 Å². The molecule has 4 aliphatic carbocycles. The number of aliphatic hydroxyl groups excluding tert-OH is 1. The molecule has 17 rings (SSSR count). The van der Waals surface area contributed by atoms with Gasteiger partial charge in [-0.15, -0.1) is 0 Å². The highest BCUT2D eigenvalue weighted by Crippen LogP contribution is 2.68. The van der Waals surface area contributed by atoms with Crippen LogP contribution in [0.15, 0.2) is 246 Å². The first-order valence-corrected chi connectivity index (χ1v) is 42.9. The van der Waals surface area contributed by atoms with Crippen molar-refractivity contribution in [3.63, 3.8) is 0 Å². The van der Waals surface area contributed by atoms with E-state index in [0.717, 1.165) is 58.6 Å². The predicted molar refractivity (Wildman–Crippen MR) is 463 cm³/mol. The van der Waals surface area contributed by atoms with Gasteiger partial charge in [-0.05, 0) is 134 Å². The largest absolute Gasteiger partial charge is 0.481 e. The molecule has 0 bridgehead atoms. The maximum Gasteiger partial charge on any atom is 0.339 e. The van der Waals surface area contributed by atoms with E-state index in [9.17, 15) is 67.1 Å². The van der Waals surface area contributed by atoms with Crippen molar-refractivity contribution < 1.29 is 91.5 Å². The lowest BCUT2D eigenvalue weighted by molar-refractivity contribution is -0.384. The van der Waals surface area contributed by atoms with Gasteiger partial charge in [0.2, 0.25) is 11.6 Å². The molecule has 26 nitrogen and oxygen atoms in total. The fourth-order valence-corrected chi connectivity index (χ4v) is 19.6. The normalized spacial score (nSPS) is 21.3. The first kappa shape index (κ1) is 89.9. The third kappa shape index (κ3) is 19.6. The van der Waals surface area contributed by atoms with Crippen LogP contribution >= 0.6 is 0 Å². The number of aliphatic carboxylic acids is 3. The van der Waals surface area contributed by atoms with Crippen LogP contribution in [-0.2, 0) is 71.9 Å². The first-order chi connectivity index (χ1) is 59.1. The third-order valence-electron chi connectivity index (χ3n) is 24.4. The molecule has 2 aliphatic heterocycles. The summed E-state index contributed by atoms with van der Waals surface area (Å²) < 4.78 is 37.2. The summed E-state index contributed by atoms with van der Waals surface area (Å²) in [6.07, 6.45) is 11.4. The van der Waals surface area contributed by atoms with E-state index < -0.39 is 73.6 Å². The number of Topliss-reactive ketones (excluding diaryl/α,β-unsaturated/α-hetero) is 1. The minimum absolute atomic E-state index is 0.00295. The monoisotopic (exact) mass is 1700 g/mol. The van der Waals surface area contributed by atoms with Gasteiger partial charge in [0.25, 0.3) is 5.69 Å². The number of sulfone groups is 1. The fourth-order valence-electron chi connectivity index (χ4n) is 18.7. The van der Waals surface area contributed by atoms with Gasteiger partial charge >= 0.3 is 29.8 Å². The molecule has 4 aromatic heterocycles. The van der Waals surface area contributed by atoms with Crippen molar-refractivity contribution in [3.8, 4) is 28.3 Å². The summed E-state index contributed by atoms with van der Waals surface area (Å²) in [4.78, 5) is 107. The molecule has 10 atom stereocenters. The number of carbonyl (C=O) groups is 8. The Bertz CT molecular complexity index is 5800. The summed E-state index contributed by atoms with van der Waals surface area (Å²) in [5.41, 5.74) is 11.3. The lowest BCUT2D eigenvalue weighted by Gasteiger charge is -2.59. The molecule has 6 aliphatic rings. The zero-order chi connectivity index (χ0) is 89.1. The number of nitrogens with one attached hydrogen (secondary N) is 1. The highest BCUT2D eigenvalue weighted by Gasteiger charge is 2.70. The second kappa shape index (κ2) is 38.4. The number of oxazole rings is 1. The number of fused-ring (bicyclic) bond motifs is 8. The maximum absolute atomic E-state index is 13.0. The number of ether oxygens (including phenoxy) is 1. The van der Waals surface area contributed by atoms with Crippen molar-refractivity contribution >= 4 is 68.8 Å². The van der Waals surface area contributed by atoms with Crippen LogP contribution in [0.25, 0.3) is 28.7 Å². The Labute approximate surface area is 716 Å². The van der Waals surface area contributed by atoms with Crippen molar-refractivity contribution in [3.05, 3.63) is 325 Å². The number of esters is 1. The Morgan fingerprint density at radius 3 is 1.74 bits per heavy atom. The Hall–Kier alpha value is -13.4. The zero-order valence-electron chi connectivity index (χ0n) is 69.6. The number of aromatic nitrogens is 5. The molecule has 642 valence electrons. The number of aliphatic hydroxyl groups is 2. The Morgan fingerprint density at radius 2 is 1.23 bits per heavy atom. The number of aromatic carboxylic acids is 1. The number of ketones is 3. The SMILES string of the molecule is CC(=O)Oc1ccccc1C(=O)O.CCC(=O)[C@@]1(O)[C@H](C)CC2C3C=C(C)C4=Cc5[nH]ncc5CC4(C)C3C(O)CC21C.CS(=O)(=O)Cc1ccc([N+](=O)[O-])cc1Cc1ccccc1.O=C(O)CCc1nc(-c2ccccc2)c(-c2ccccc2)o1.O=C(c1ccccc1)c1ccc2n1CCC2C(=O)O.O=C(c1ccccc1)c1ccc2n1CC[C@H]2C(=O)O. The van der Waals surface area contributed by atoms with Gasteiger partial charge in [0.05, 0.1) is 58.3 Å². The van der Waals surface area contributed by atoms with Crippen LogP contribution in [0.1, 0.15) is 180 Å². The number of H-pyrrole nitrogens is 1. The number of hydrogen-bond acceptors (Lipinski definition) is 18. The number of hydrogen-bond donors (Lipinski definition) is 7. The number of benzene rings is 7. The van der Waals surface area contributed by atoms with E-state index in [1.807, 2.05) is 157 Å². The van der Waals surface area contributed by atoms with Gasteiger partial charge in [-0.1, -0.05) is 209 Å². The van der Waals surface area contributed by atoms with Gasteiger partial charge < -0.3 is 48.9 Å². The van der Waals surface area contributed by atoms with Crippen LogP contribution in [0.5, 0.6) is 5.75 Å². The average molecular weight is 1700 g/mol. The van der Waals surface area contributed by atoms with E-state index >= 15 is 0 Å². The lowest BCUT2D eigenvalue weighted by atomic mass is 9.46. The fraction of sp³-hybridized carbons (Fsp3) is 0.299. The van der Waals surface area contributed by atoms with Gasteiger partial charge in [0, 0.05) is 102 Å². The Kier molecular flexibility index (Phi) is 27.8. The van der Waals surface area contributed by atoms with E-state index in [-0.39, 0.29) is 82.0 Å². The Morgan fingerprint density at radius 1 is 0.694 bits per heavy atom. The van der Waals surface area contributed by atoms with Gasteiger partial charge in [0.1, 0.15) is 22.6 Å². The smallest absolute Gasteiger partial charge is 0.339 e. The van der Waals surface area contributed by atoms with E-state index in [0.29, 0.717) is 90.5 Å². The maximum atomic E-state index is 13.0. The van der Waals surface area contributed by atoms with Crippen molar-refractivity contribution in [2.24, 2.45) is 34.5 Å². The number of aryl methyl sites for hydroxylation is 1. The minimum Gasteiger partial charge on any atom is -0.481 e. The number of carboxylic acid groups (broad SMARTS) is 4. The molecular formula is C97H98N6O20S. The topological polar surface area (TPSA) is 409 Å². The third-order valence-corrected chi connectivity index (χ3v) is 25.2. The van der Waals surface area contributed by atoms with Crippen molar-refractivity contribution in [1.29, 1.82) is 0 Å². The van der Waals surface area contributed by atoms with E-state index in [1.165, 1.54) is 54.0 Å². The predicted octanol–water partition coefficient (Wildman–Crippen LogP) is 16.3. The molecule has 7 N–H and O–H groups in total. The number of nitrogens with zero attached hydrogens (tertiary/aromatic N) is 5. The zero-order valence-corrected chi connectivity index (χ0v) is 70.4. The molecule has 7 unspecified atom stereocenters. The van der Waals surface area contributed by atoms with E-state index in [2.05, 4.69) is 52.8 Å². The highest BCUT2D eigenvalue weighted by molar-refractivity contribution is 7.89. The molecule has 0 radical (unpaired) electrons. The molecule has 0 saturated heterocycles. The lowest BCUT2D eigenvalue weighted by Crippen LogP contribution is -2.62. The molecule has 0 spiro atoms. The molecule has 7 aromatic carbocycles. The number of aromatic amines is 1. The second-order valence-corrected chi connectivity index (χ2v) is 34.6. The number of para-hydroxylation sites is 1. The van der Waals surface area contributed by atoms with Crippen LogP contribution in [0.2, 0.25) is 0 Å². The van der Waals surface area contributed by atoms with Crippen LogP contribution in [0.3, 0.4) is 0 Å². The second-order valence-electron chi connectivity index (χ2n) is 32.5. The van der Waals surface area contributed by atoms with Crippen LogP contribution < -0.4 is 4.74 Å². The number of allylic oxidation sites excluding steroid dienone is 3. The van der Waals surface area contributed by atoms with Gasteiger partial charge in [-0.2, -0.15) is 5.10 Å². The van der Waals surface area contributed by atoms with E-state index in [4.69, 9.17) is 24.8 Å². The Balaban J connectivity index is 0.000000138. The standard InChI is InChI=1S/C25H34N2O3.C18H15NO3.C15H15NO4S.2C15H13NO3.C9H8O4/c1-6-21(29)25(30)14(3)8-18-16-7-13(2)17-9-19-15(12-26-27-19)10-23(17,4)22(16)20(28)11-24(18,25)5;20-16(21)12-11-15-19-17(13-7-3-1-4-8-13)18(22-15)14-9-5-2-6-10-14;1-21(19,20)11-13-7-8-15(16(17)18)10-14(13)9-12-5-3-2-4-6-12;2*17-14(10-4-2-1-3-5-10)13-7-6-12-11(15(18)19)8-9-16(12)13;1-6(10)13-8-5-3-2-4-7(8)9(11)12/h7,9,12,14,16,18,20,22,28,30H,6,8,10-11H2,1-5H3,(H,26,27);1-10H,11-12H2,(H,20,21);2-8,10H,9,11H2,1H3;2*1-7,11H,8-9H2,(H,18,19);2-5H,1H3,(H,11,12)/t14-,16?,18?,20?,22?,23?,24?,25+;;;11-;;/m1..1../s1. The van der Waals surface area contributed by atoms with Gasteiger partial charge in [-0.3, -0.25) is 48.8 Å². The molecule has 11 aromatic rings. The number of nitro benzene ring substituents is 1. The quantitative estimate of drug-likeness (QED) is 0.0122. The summed E-state index contributed by atoms with van der Waals surface area (Å²) in [5, 5.41) is 77.3. The highest BCUT2D eigenvalue weighted by atomic mass is 32.2. The minimum atomic E-state index is -3.19. The molecular weight excluding hydrogens is 1600 g/mol. The summed E-state index contributed by atoms with van der Waals surface area (Å²) >= 11 is 0.